The Bertz CT molecular complexity index is 463. The van der Waals surface area contributed by atoms with E-state index in [-0.39, 0.29) is 18.1 Å². The first-order chi connectivity index (χ1) is 7.68. The van der Waals surface area contributed by atoms with Crippen molar-refractivity contribution in [1.82, 2.24) is 10.3 Å². The number of carboxylic acid groups (broad SMARTS) is 1. The monoisotopic (exact) mass is 258 g/mol. The van der Waals surface area contributed by atoms with Crippen LogP contribution in [0.2, 0.25) is 0 Å². The maximum absolute atomic E-state index is 13.6. The lowest BCUT2D eigenvalue weighted by Gasteiger charge is -2.14. The molecule has 0 aromatic carbocycles. The first kappa shape index (κ1) is 13.6. The van der Waals surface area contributed by atoms with Crippen LogP contribution in [0.25, 0.3) is 5.57 Å². The molecule has 0 saturated carbocycles. The lowest BCUT2D eigenvalue weighted by atomic mass is 10.0. The fourth-order valence-electron chi connectivity index (χ4n) is 1.66. The highest BCUT2D eigenvalue weighted by Crippen LogP contribution is 2.21. The average Bonchev–Trinajstić information content (AvgIpc) is 2.30. The SMILES string of the molecule is Cl.O=C(O)c1ccc(C2=CCNCC2)c(F)n1. The number of aromatic nitrogens is 1. The van der Waals surface area contributed by atoms with Crippen molar-refractivity contribution >= 4 is 23.9 Å². The van der Waals surface area contributed by atoms with E-state index in [4.69, 9.17) is 5.11 Å². The molecule has 0 fully saturated rings. The van der Waals surface area contributed by atoms with Crippen LogP contribution in [-0.2, 0) is 0 Å². The summed E-state index contributed by atoms with van der Waals surface area (Å²) in [6, 6.07) is 2.80. The number of rotatable bonds is 2. The maximum Gasteiger partial charge on any atom is 0.354 e. The van der Waals surface area contributed by atoms with Gasteiger partial charge in [0.05, 0.1) is 0 Å². The molecular formula is C11H12ClFN2O2. The summed E-state index contributed by atoms with van der Waals surface area (Å²) in [4.78, 5) is 14.0. The molecule has 0 radical (unpaired) electrons. The van der Waals surface area contributed by atoms with Gasteiger partial charge in [0, 0.05) is 12.1 Å². The Labute approximate surface area is 104 Å². The molecule has 17 heavy (non-hydrogen) atoms. The minimum atomic E-state index is -1.22. The molecule has 0 unspecified atom stereocenters. The number of hydrogen-bond acceptors (Lipinski definition) is 3. The predicted octanol–water partition coefficient (Wildman–Crippen LogP) is 1.72. The summed E-state index contributed by atoms with van der Waals surface area (Å²) in [7, 11) is 0. The van der Waals surface area contributed by atoms with E-state index in [0.717, 1.165) is 18.5 Å². The van der Waals surface area contributed by atoms with E-state index in [2.05, 4.69) is 10.3 Å². The Morgan fingerprint density at radius 1 is 1.47 bits per heavy atom. The number of nitrogens with zero attached hydrogens (tertiary/aromatic N) is 1. The van der Waals surface area contributed by atoms with Crippen molar-refractivity contribution < 1.29 is 14.3 Å². The van der Waals surface area contributed by atoms with Crippen LogP contribution in [0, 0.1) is 5.95 Å². The standard InChI is InChI=1S/C11H11FN2O2.ClH/c12-10-8(7-3-5-13-6-4-7)1-2-9(14-10)11(15)16;/h1-3,13H,4-6H2,(H,15,16);1H. The maximum atomic E-state index is 13.6. The van der Waals surface area contributed by atoms with Crippen LogP contribution in [0.15, 0.2) is 18.2 Å². The molecule has 92 valence electrons. The molecule has 1 aliphatic heterocycles. The molecule has 1 aromatic rings. The first-order valence-electron chi connectivity index (χ1n) is 4.98. The molecule has 4 nitrogen and oxygen atoms in total. The van der Waals surface area contributed by atoms with Crippen molar-refractivity contribution in [1.29, 1.82) is 0 Å². The largest absolute Gasteiger partial charge is 0.477 e. The van der Waals surface area contributed by atoms with Crippen LogP contribution < -0.4 is 5.32 Å². The Balaban J connectivity index is 0.00000144. The molecule has 2 heterocycles. The minimum absolute atomic E-state index is 0. The van der Waals surface area contributed by atoms with Crippen molar-refractivity contribution in [2.45, 2.75) is 6.42 Å². The van der Waals surface area contributed by atoms with E-state index < -0.39 is 11.9 Å². The summed E-state index contributed by atoms with van der Waals surface area (Å²) in [5.74, 6) is -1.93. The topological polar surface area (TPSA) is 62.2 Å². The molecular weight excluding hydrogens is 247 g/mol. The highest BCUT2D eigenvalue weighted by atomic mass is 35.5. The smallest absolute Gasteiger partial charge is 0.354 e. The number of pyridine rings is 1. The third-order valence-corrected chi connectivity index (χ3v) is 2.48. The van der Waals surface area contributed by atoms with E-state index in [0.29, 0.717) is 12.1 Å². The van der Waals surface area contributed by atoms with E-state index >= 15 is 0 Å². The van der Waals surface area contributed by atoms with E-state index in [1.165, 1.54) is 12.1 Å². The van der Waals surface area contributed by atoms with Crippen LogP contribution in [0.4, 0.5) is 4.39 Å². The molecule has 1 aromatic heterocycles. The number of aromatic carboxylic acids is 1. The fourth-order valence-corrected chi connectivity index (χ4v) is 1.66. The van der Waals surface area contributed by atoms with Crippen molar-refractivity contribution in [3.8, 4) is 0 Å². The van der Waals surface area contributed by atoms with Crippen LogP contribution in [-0.4, -0.2) is 29.1 Å². The van der Waals surface area contributed by atoms with E-state index in [1.54, 1.807) is 0 Å². The zero-order chi connectivity index (χ0) is 11.5. The van der Waals surface area contributed by atoms with E-state index in [9.17, 15) is 9.18 Å². The quantitative estimate of drug-likeness (QED) is 0.793. The summed E-state index contributed by atoms with van der Waals surface area (Å²) in [5.41, 5.74) is 1.00. The molecule has 6 heteroatoms. The fraction of sp³-hybridized carbons (Fsp3) is 0.273. The Hall–Kier alpha value is -1.46. The van der Waals surface area contributed by atoms with Gasteiger partial charge < -0.3 is 10.4 Å². The van der Waals surface area contributed by atoms with Gasteiger partial charge in [0.2, 0.25) is 5.95 Å². The summed E-state index contributed by atoms with van der Waals surface area (Å²) >= 11 is 0. The number of carboxylic acids is 1. The third kappa shape index (κ3) is 3.01. The van der Waals surface area contributed by atoms with Crippen LogP contribution in [0.3, 0.4) is 0 Å². The second-order valence-electron chi connectivity index (χ2n) is 3.52. The molecule has 1 aliphatic rings. The van der Waals surface area contributed by atoms with Gasteiger partial charge in [-0.3, -0.25) is 0 Å². The van der Waals surface area contributed by atoms with Crippen molar-refractivity contribution in [3.63, 3.8) is 0 Å². The van der Waals surface area contributed by atoms with Crippen molar-refractivity contribution in [3.05, 3.63) is 35.4 Å². The van der Waals surface area contributed by atoms with Gasteiger partial charge in [-0.15, -0.1) is 12.4 Å². The second kappa shape index (κ2) is 5.75. The molecule has 2 N–H and O–H groups in total. The molecule has 0 atom stereocenters. The van der Waals surface area contributed by atoms with Crippen LogP contribution in [0.5, 0.6) is 0 Å². The normalized spacial score (nSPS) is 14.8. The lowest BCUT2D eigenvalue weighted by Crippen LogP contribution is -2.20. The highest BCUT2D eigenvalue weighted by Gasteiger charge is 2.14. The van der Waals surface area contributed by atoms with Gasteiger partial charge in [-0.05, 0) is 30.7 Å². The first-order valence-corrected chi connectivity index (χ1v) is 4.98. The van der Waals surface area contributed by atoms with Crippen LogP contribution in [0.1, 0.15) is 22.5 Å². The Kier molecular flexibility index (Phi) is 4.60. The molecule has 0 saturated heterocycles. The summed E-state index contributed by atoms with van der Waals surface area (Å²) in [6.07, 6.45) is 2.62. The number of nitrogens with one attached hydrogen (secondary N) is 1. The van der Waals surface area contributed by atoms with Crippen molar-refractivity contribution in [2.24, 2.45) is 0 Å². The van der Waals surface area contributed by atoms with Gasteiger partial charge in [0.1, 0.15) is 0 Å². The number of carbonyl (C=O) groups is 1. The van der Waals surface area contributed by atoms with Gasteiger partial charge >= 0.3 is 5.97 Å². The predicted molar refractivity (Wildman–Crippen MR) is 63.9 cm³/mol. The second-order valence-corrected chi connectivity index (χ2v) is 3.52. The van der Waals surface area contributed by atoms with Crippen LogP contribution >= 0.6 is 12.4 Å². The van der Waals surface area contributed by atoms with Gasteiger partial charge in [-0.2, -0.15) is 4.39 Å². The summed E-state index contributed by atoms with van der Waals surface area (Å²) < 4.78 is 13.6. The van der Waals surface area contributed by atoms with Crippen molar-refractivity contribution in [2.75, 3.05) is 13.1 Å². The molecule has 0 spiro atoms. The van der Waals surface area contributed by atoms with Gasteiger partial charge in [-0.1, -0.05) is 6.08 Å². The van der Waals surface area contributed by atoms with Gasteiger partial charge in [0.25, 0.3) is 0 Å². The van der Waals surface area contributed by atoms with Gasteiger partial charge in [-0.25, -0.2) is 9.78 Å². The number of halogens is 2. The minimum Gasteiger partial charge on any atom is -0.477 e. The molecule has 0 amide bonds. The molecule has 0 aliphatic carbocycles. The Morgan fingerprint density at radius 2 is 2.24 bits per heavy atom. The zero-order valence-electron chi connectivity index (χ0n) is 8.94. The number of hydrogen-bond donors (Lipinski definition) is 2. The summed E-state index contributed by atoms with van der Waals surface area (Å²) in [5, 5.41) is 11.8. The lowest BCUT2D eigenvalue weighted by molar-refractivity contribution is 0.0689. The van der Waals surface area contributed by atoms with Gasteiger partial charge in [0.15, 0.2) is 5.69 Å². The highest BCUT2D eigenvalue weighted by molar-refractivity contribution is 5.86. The molecule has 2 rings (SSSR count). The average molecular weight is 259 g/mol. The third-order valence-electron chi connectivity index (χ3n) is 2.48. The zero-order valence-corrected chi connectivity index (χ0v) is 9.76. The Morgan fingerprint density at radius 3 is 2.76 bits per heavy atom. The summed E-state index contributed by atoms with van der Waals surface area (Å²) in [6.45, 7) is 1.50. The molecule has 0 bridgehead atoms. The van der Waals surface area contributed by atoms with E-state index in [1.807, 2.05) is 6.08 Å².